The lowest BCUT2D eigenvalue weighted by atomic mass is 9.99. The average Bonchev–Trinajstić information content (AvgIpc) is 2.38. The number of hydrogen-bond acceptors (Lipinski definition) is 6. The van der Waals surface area contributed by atoms with Crippen molar-refractivity contribution >= 4 is 17.3 Å². The van der Waals surface area contributed by atoms with Crippen LogP contribution >= 0.6 is 0 Å². The molecule has 7 nitrogen and oxygen atoms in total. The summed E-state index contributed by atoms with van der Waals surface area (Å²) in [5.41, 5.74) is 2.45. The summed E-state index contributed by atoms with van der Waals surface area (Å²) in [5, 5.41) is 11.0. The van der Waals surface area contributed by atoms with Crippen LogP contribution in [0.3, 0.4) is 0 Å². The molecule has 1 aromatic rings. The van der Waals surface area contributed by atoms with E-state index in [2.05, 4.69) is 17.3 Å². The van der Waals surface area contributed by atoms with Gasteiger partial charge < -0.3 is 10.3 Å². The van der Waals surface area contributed by atoms with Crippen molar-refractivity contribution in [3.05, 3.63) is 22.2 Å². The third-order valence-electron chi connectivity index (χ3n) is 3.28. The Balaban J connectivity index is 2.31. The number of pyridine rings is 1. The van der Waals surface area contributed by atoms with Gasteiger partial charge in [-0.25, -0.2) is 10.8 Å². The number of nitrogens with zero attached hydrogens (tertiary/aromatic N) is 3. The SMILES string of the molecule is CC1CCN(c2nc(NN)ccc2[N+](=O)[O-])CC1. The van der Waals surface area contributed by atoms with Crippen LogP contribution in [0, 0.1) is 16.0 Å². The van der Waals surface area contributed by atoms with Crippen molar-refractivity contribution in [1.29, 1.82) is 0 Å². The molecule has 0 unspecified atom stereocenters. The van der Waals surface area contributed by atoms with E-state index in [0.29, 0.717) is 17.6 Å². The van der Waals surface area contributed by atoms with Gasteiger partial charge in [0.1, 0.15) is 5.82 Å². The zero-order valence-electron chi connectivity index (χ0n) is 10.3. The van der Waals surface area contributed by atoms with Crippen molar-refractivity contribution in [1.82, 2.24) is 4.98 Å². The standard InChI is InChI=1S/C11H17N5O2/c1-8-4-6-15(7-5-8)11-9(16(17)18)2-3-10(13-11)14-12/h2-3,8H,4-7,12H2,1H3,(H,13,14). The summed E-state index contributed by atoms with van der Waals surface area (Å²) in [6.07, 6.45) is 2.05. The third-order valence-corrected chi connectivity index (χ3v) is 3.28. The summed E-state index contributed by atoms with van der Waals surface area (Å²) in [4.78, 5) is 16.8. The Kier molecular flexibility index (Phi) is 3.61. The number of anilines is 2. The third kappa shape index (κ3) is 2.51. The van der Waals surface area contributed by atoms with Crippen molar-refractivity contribution in [2.24, 2.45) is 11.8 Å². The molecule has 0 aromatic carbocycles. The molecule has 18 heavy (non-hydrogen) atoms. The highest BCUT2D eigenvalue weighted by Crippen LogP contribution is 2.30. The molecule has 1 fully saturated rings. The van der Waals surface area contributed by atoms with Crippen molar-refractivity contribution in [3.63, 3.8) is 0 Å². The molecule has 98 valence electrons. The Morgan fingerprint density at radius 2 is 2.17 bits per heavy atom. The van der Waals surface area contributed by atoms with E-state index >= 15 is 0 Å². The normalized spacial score (nSPS) is 16.7. The number of aromatic nitrogens is 1. The van der Waals surface area contributed by atoms with Gasteiger partial charge in [-0.1, -0.05) is 6.92 Å². The molecule has 2 heterocycles. The van der Waals surface area contributed by atoms with Gasteiger partial charge in [-0.15, -0.1) is 0 Å². The number of nitrogen functional groups attached to an aromatic ring is 1. The molecular weight excluding hydrogens is 234 g/mol. The van der Waals surface area contributed by atoms with E-state index in [1.807, 2.05) is 4.90 Å². The summed E-state index contributed by atoms with van der Waals surface area (Å²) in [6, 6.07) is 2.95. The van der Waals surface area contributed by atoms with E-state index in [1.54, 1.807) is 0 Å². The van der Waals surface area contributed by atoms with Crippen LogP contribution in [0.1, 0.15) is 19.8 Å². The molecule has 0 radical (unpaired) electrons. The fraction of sp³-hybridized carbons (Fsp3) is 0.545. The van der Waals surface area contributed by atoms with Gasteiger partial charge in [0, 0.05) is 19.2 Å². The first-order valence-electron chi connectivity index (χ1n) is 5.99. The Labute approximate surface area is 105 Å². The van der Waals surface area contributed by atoms with Crippen LogP contribution in [0.2, 0.25) is 0 Å². The molecule has 3 N–H and O–H groups in total. The average molecular weight is 251 g/mol. The molecule has 0 bridgehead atoms. The van der Waals surface area contributed by atoms with Gasteiger partial charge in [-0.3, -0.25) is 10.1 Å². The number of hydrazine groups is 1. The Morgan fingerprint density at radius 3 is 2.72 bits per heavy atom. The van der Waals surface area contributed by atoms with Crippen LogP contribution in [0.25, 0.3) is 0 Å². The summed E-state index contributed by atoms with van der Waals surface area (Å²) in [7, 11) is 0. The molecule has 0 spiro atoms. The zero-order valence-corrected chi connectivity index (χ0v) is 10.3. The molecule has 0 atom stereocenters. The number of hydrogen-bond donors (Lipinski definition) is 2. The highest BCUT2D eigenvalue weighted by Gasteiger charge is 2.25. The summed E-state index contributed by atoms with van der Waals surface area (Å²) >= 11 is 0. The molecule has 2 rings (SSSR count). The number of nitrogens with two attached hydrogens (primary N) is 1. The van der Waals surface area contributed by atoms with Gasteiger partial charge in [0.05, 0.1) is 4.92 Å². The topological polar surface area (TPSA) is 97.3 Å². The fourth-order valence-corrected chi connectivity index (χ4v) is 2.12. The Bertz CT molecular complexity index is 443. The van der Waals surface area contributed by atoms with Gasteiger partial charge in [0.2, 0.25) is 5.82 Å². The maximum atomic E-state index is 11.0. The molecule has 1 aliphatic rings. The van der Waals surface area contributed by atoms with Crippen LogP contribution in [0.4, 0.5) is 17.3 Å². The fourth-order valence-electron chi connectivity index (χ4n) is 2.12. The van der Waals surface area contributed by atoms with Gasteiger partial charge in [-0.05, 0) is 24.8 Å². The van der Waals surface area contributed by atoms with E-state index < -0.39 is 4.92 Å². The number of rotatable bonds is 3. The van der Waals surface area contributed by atoms with Crippen LogP contribution in [-0.2, 0) is 0 Å². The first-order chi connectivity index (χ1) is 8.61. The molecule has 7 heteroatoms. The molecule has 1 saturated heterocycles. The number of nitrogens with one attached hydrogen (secondary N) is 1. The van der Waals surface area contributed by atoms with E-state index in [1.165, 1.54) is 12.1 Å². The highest BCUT2D eigenvalue weighted by atomic mass is 16.6. The maximum absolute atomic E-state index is 11.0. The second-order valence-corrected chi connectivity index (χ2v) is 4.61. The van der Waals surface area contributed by atoms with Crippen LogP contribution in [0.15, 0.2) is 12.1 Å². The van der Waals surface area contributed by atoms with E-state index in [4.69, 9.17) is 5.84 Å². The number of piperidine rings is 1. The summed E-state index contributed by atoms with van der Waals surface area (Å²) < 4.78 is 0. The van der Waals surface area contributed by atoms with Crippen molar-refractivity contribution in [3.8, 4) is 0 Å². The quantitative estimate of drug-likeness (QED) is 0.480. The van der Waals surface area contributed by atoms with Crippen molar-refractivity contribution in [2.75, 3.05) is 23.4 Å². The summed E-state index contributed by atoms with van der Waals surface area (Å²) in [5.74, 6) is 6.80. The molecule has 1 aliphatic heterocycles. The van der Waals surface area contributed by atoms with Gasteiger partial charge in [0.15, 0.2) is 0 Å². The molecule has 0 amide bonds. The van der Waals surface area contributed by atoms with Gasteiger partial charge in [-0.2, -0.15) is 0 Å². The minimum absolute atomic E-state index is 0.0311. The lowest BCUT2D eigenvalue weighted by molar-refractivity contribution is -0.384. The highest BCUT2D eigenvalue weighted by molar-refractivity contribution is 5.61. The molecular formula is C11H17N5O2. The smallest absolute Gasteiger partial charge is 0.311 e. The van der Waals surface area contributed by atoms with E-state index in [-0.39, 0.29) is 5.69 Å². The van der Waals surface area contributed by atoms with Crippen molar-refractivity contribution in [2.45, 2.75) is 19.8 Å². The minimum atomic E-state index is -0.402. The molecule has 0 saturated carbocycles. The maximum Gasteiger partial charge on any atom is 0.311 e. The Hall–Kier alpha value is -1.89. The second kappa shape index (κ2) is 5.18. The predicted molar refractivity (Wildman–Crippen MR) is 69.3 cm³/mol. The van der Waals surface area contributed by atoms with Crippen LogP contribution in [-0.4, -0.2) is 23.0 Å². The van der Waals surface area contributed by atoms with E-state index in [9.17, 15) is 10.1 Å². The van der Waals surface area contributed by atoms with Gasteiger partial charge in [0.25, 0.3) is 0 Å². The van der Waals surface area contributed by atoms with Crippen LogP contribution < -0.4 is 16.2 Å². The monoisotopic (exact) mass is 251 g/mol. The van der Waals surface area contributed by atoms with Crippen LogP contribution in [0.5, 0.6) is 0 Å². The second-order valence-electron chi connectivity index (χ2n) is 4.61. The lowest BCUT2D eigenvalue weighted by Gasteiger charge is -2.30. The minimum Gasteiger partial charge on any atom is -0.351 e. The van der Waals surface area contributed by atoms with E-state index in [0.717, 1.165) is 25.9 Å². The van der Waals surface area contributed by atoms with Gasteiger partial charge >= 0.3 is 5.69 Å². The summed E-state index contributed by atoms with van der Waals surface area (Å²) in [6.45, 7) is 3.78. The largest absolute Gasteiger partial charge is 0.351 e. The lowest BCUT2D eigenvalue weighted by Crippen LogP contribution is -2.34. The predicted octanol–water partition coefficient (Wildman–Crippen LogP) is 1.51. The zero-order chi connectivity index (χ0) is 13.1. The first-order valence-corrected chi connectivity index (χ1v) is 5.99. The first kappa shape index (κ1) is 12.6. The molecule has 1 aromatic heterocycles. The molecule has 0 aliphatic carbocycles. The Morgan fingerprint density at radius 1 is 1.50 bits per heavy atom. The number of nitro groups is 1. The van der Waals surface area contributed by atoms with Crippen molar-refractivity contribution < 1.29 is 4.92 Å².